The van der Waals surface area contributed by atoms with Crippen molar-refractivity contribution in [1.82, 2.24) is 4.33 Å². The summed E-state index contributed by atoms with van der Waals surface area (Å²) in [6, 6.07) is 6.96. The largest absolute Gasteiger partial charge is 0.484 e. The lowest BCUT2D eigenvalue weighted by atomic mass is 9.72. The number of nitrogens with zero attached hydrogens (tertiary/aromatic N) is 2. The molecule has 17 heavy (non-hydrogen) atoms. The van der Waals surface area contributed by atoms with Gasteiger partial charge in [0.25, 0.3) is 0 Å². The number of benzene rings is 1. The molecule has 0 atom stereocenters. The van der Waals surface area contributed by atoms with Crippen LogP contribution in [0.3, 0.4) is 0 Å². The van der Waals surface area contributed by atoms with Gasteiger partial charge in [0, 0.05) is 0 Å². The fourth-order valence-electron chi connectivity index (χ4n) is 1.61. The molecule has 1 aliphatic heterocycles. The minimum Gasteiger partial charge on any atom is -0.427 e. The van der Waals surface area contributed by atoms with Gasteiger partial charge in [-0.2, -0.15) is 5.10 Å². The van der Waals surface area contributed by atoms with Crippen molar-refractivity contribution < 1.29 is 13.4 Å². The zero-order valence-corrected chi connectivity index (χ0v) is 9.84. The molecule has 0 aliphatic carbocycles. The predicted octanol–water partition coefficient (Wildman–Crippen LogP) is -0.461. The van der Waals surface area contributed by atoms with Crippen molar-refractivity contribution in [2.45, 2.75) is 0 Å². The average Bonchev–Trinajstić information content (AvgIpc) is 2.29. The van der Waals surface area contributed by atoms with Crippen LogP contribution in [0.1, 0.15) is 5.56 Å². The van der Waals surface area contributed by atoms with Crippen LogP contribution in [0.2, 0.25) is 0 Å². The predicted molar refractivity (Wildman–Crippen MR) is 67.5 cm³/mol. The summed E-state index contributed by atoms with van der Waals surface area (Å²) in [6.07, 6.45) is 2.68. The molecule has 0 bridgehead atoms. The fraction of sp³-hybridized carbons (Fsp3) is 0.100. The van der Waals surface area contributed by atoms with Crippen LogP contribution in [-0.4, -0.2) is 36.8 Å². The molecular weight excluding hydrogens is 239 g/mol. The Morgan fingerprint density at radius 1 is 1.47 bits per heavy atom. The summed E-state index contributed by atoms with van der Waals surface area (Å²) >= 11 is 0. The molecule has 0 fully saturated rings. The van der Waals surface area contributed by atoms with Gasteiger partial charge in [-0.25, -0.2) is 12.7 Å². The van der Waals surface area contributed by atoms with Crippen LogP contribution in [0.5, 0.6) is 0 Å². The van der Waals surface area contributed by atoms with Crippen molar-refractivity contribution in [3.05, 3.63) is 42.5 Å². The maximum atomic E-state index is 11.8. The number of hydrazone groups is 1. The van der Waals surface area contributed by atoms with E-state index in [9.17, 15) is 13.4 Å². The second kappa shape index (κ2) is 4.35. The third kappa shape index (κ3) is 2.11. The van der Waals surface area contributed by atoms with E-state index in [0.717, 1.165) is 0 Å². The van der Waals surface area contributed by atoms with Gasteiger partial charge in [0.1, 0.15) is 0 Å². The molecule has 0 spiro atoms. The summed E-state index contributed by atoms with van der Waals surface area (Å²) in [5.74, 6) is -0.260. The Kier molecular flexibility index (Phi) is 3.04. The van der Waals surface area contributed by atoms with Gasteiger partial charge in [0.15, 0.2) is 0 Å². The summed E-state index contributed by atoms with van der Waals surface area (Å²) in [7, 11) is -4.93. The number of hydrogen-bond acceptors (Lipinski definition) is 4. The van der Waals surface area contributed by atoms with E-state index in [0.29, 0.717) is 15.4 Å². The molecule has 0 aromatic heterocycles. The molecule has 1 N–H and O–H groups in total. The molecular formula is C10H11BN2O3S. The Bertz CT molecular complexity index is 571. The van der Waals surface area contributed by atoms with Gasteiger partial charge in [-0.15, -0.1) is 6.58 Å². The first-order chi connectivity index (χ1) is 8.06. The SMILES string of the molecule is C=CCS(=O)(=O)N1N=Cc2ccccc2B1O. The molecule has 0 radical (unpaired) electrons. The summed E-state index contributed by atoms with van der Waals surface area (Å²) in [5, 5.41) is 13.7. The second-order valence-electron chi connectivity index (χ2n) is 3.59. The lowest BCUT2D eigenvalue weighted by Crippen LogP contribution is -2.52. The normalized spacial score (nSPS) is 14.6. The average molecular weight is 250 g/mol. The maximum Gasteiger partial charge on any atom is 0.484 e. The minimum atomic E-state index is -3.66. The topological polar surface area (TPSA) is 70.0 Å². The quantitative estimate of drug-likeness (QED) is 0.583. The Labute approximate surface area is 100 Å². The monoisotopic (exact) mass is 250 g/mol. The van der Waals surface area contributed by atoms with Gasteiger partial charge in [-0.1, -0.05) is 30.3 Å². The van der Waals surface area contributed by atoms with E-state index in [2.05, 4.69) is 11.7 Å². The van der Waals surface area contributed by atoms with E-state index < -0.39 is 17.1 Å². The molecule has 0 saturated carbocycles. The summed E-state index contributed by atoms with van der Waals surface area (Å²) in [6.45, 7) is 3.37. The van der Waals surface area contributed by atoms with Crippen LogP contribution in [-0.2, 0) is 10.0 Å². The fourth-order valence-corrected chi connectivity index (χ4v) is 2.67. The Hall–Kier alpha value is -1.60. The van der Waals surface area contributed by atoms with Gasteiger partial charge < -0.3 is 5.02 Å². The first kappa shape index (κ1) is 11.9. The first-order valence-electron chi connectivity index (χ1n) is 5.00. The molecule has 7 heteroatoms. The highest BCUT2D eigenvalue weighted by Gasteiger charge is 2.36. The lowest BCUT2D eigenvalue weighted by molar-refractivity contribution is 0.478. The van der Waals surface area contributed by atoms with Crippen molar-refractivity contribution in [3.63, 3.8) is 0 Å². The van der Waals surface area contributed by atoms with E-state index >= 15 is 0 Å². The minimum absolute atomic E-state index is 0.260. The molecule has 1 heterocycles. The summed E-state index contributed by atoms with van der Waals surface area (Å²) in [5.41, 5.74) is 1.24. The van der Waals surface area contributed by atoms with Crippen LogP contribution in [0, 0.1) is 0 Å². The van der Waals surface area contributed by atoms with Gasteiger partial charge in [-0.05, 0) is 11.0 Å². The van der Waals surface area contributed by atoms with E-state index in [-0.39, 0.29) is 5.75 Å². The molecule has 0 saturated heterocycles. The molecule has 2 rings (SSSR count). The van der Waals surface area contributed by atoms with E-state index in [1.54, 1.807) is 24.3 Å². The van der Waals surface area contributed by atoms with Crippen LogP contribution >= 0.6 is 0 Å². The number of fused-ring (bicyclic) bond motifs is 1. The van der Waals surface area contributed by atoms with Crippen molar-refractivity contribution >= 4 is 28.8 Å². The lowest BCUT2D eigenvalue weighted by Gasteiger charge is -2.25. The van der Waals surface area contributed by atoms with Gasteiger partial charge in [0.05, 0.1) is 12.0 Å². The third-order valence-electron chi connectivity index (χ3n) is 2.41. The van der Waals surface area contributed by atoms with E-state index in [1.807, 2.05) is 0 Å². The van der Waals surface area contributed by atoms with Crippen molar-refractivity contribution in [1.29, 1.82) is 0 Å². The van der Waals surface area contributed by atoms with Crippen LogP contribution in [0.4, 0.5) is 0 Å². The first-order valence-corrected chi connectivity index (χ1v) is 6.61. The van der Waals surface area contributed by atoms with Gasteiger partial charge in [0.2, 0.25) is 10.0 Å². The third-order valence-corrected chi connectivity index (χ3v) is 3.93. The molecule has 5 nitrogen and oxygen atoms in total. The molecule has 88 valence electrons. The molecule has 1 aromatic carbocycles. The molecule has 0 unspecified atom stereocenters. The van der Waals surface area contributed by atoms with Gasteiger partial charge in [-0.3, -0.25) is 0 Å². The second-order valence-corrected chi connectivity index (χ2v) is 5.46. The van der Waals surface area contributed by atoms with Crippen molar-refractivity contribution in [2.24, 2.45) is 5.10 Å². The zero-order valence-electron chi connectivity index (χ0n) is 9.02. The van der Waals surface area contributed by atoms with Crippen LogP contribution < -0.4 is 5.46 Å². The Morgan fingerprint density at radius 2 is 2.18 bits per heavy atom. The molecule has 1 aliphatic rings. The number of sulfonamides is 1. The van der Waals surface area contributed by atoms with Crippen molar-refractivity contribution in [3.8, 4) is 0 Å². The van der Waals surface area contributed by atoms with E-state index in [1.165, 1.54) is 12.3 Å². The highest BCUT2D eigenvalue weighted by atomic mass is 32.2. The number of hydrogen-bond donors (Lipinski definition) is 1. The zero-order chi connectivity index (χ0) is 12.5. The molecule has 1 aromatic rings. The standard InChI is InChI=1S/C10H11BN2O3S/c1-2-7-17(15,16)13-11(14)10-6-4-3-5-9(10)8-12-13/h2-6,8,14H,1,7H2. The highest BCUT2D eigenvalue weighted by molar-refractivity contribution is 7.90. The maximum absolute atomic E-state index is 11.8. The van der Waals surface area contributed by atoms with Gasteiger partial charge >= 0.3 is 7.05 Å². The number of rotatable bonds is 3. The summed E-state index contributed by atoms with van der Waals surface area (Å²) < 4.78 is 24.3. The van der Waals surface area contributed by atoms with Crippen LogP contribution in [0.15, 0.2) is 42.0 Å². The summed E-state index contributed by atoms with van der Waals surface area (Å²) in [4.78, 5) is 0. The van der Waals surface area contributed by atoms with Crippen molar-refractivity contribution in [2.75, 3.05) is 5.75 Å². The smallest absolute Gasteiger partial charge is 0.427 e. The van der Waals surface area contributed by atoms with Crippen LogP contribution in [0.25, 0.3) is 0 Å². The Morgan fingerprint density at radius 3 is 2.88 bits per heavy atom. The Balaban J connectivity index is 2.42. The highest BCUT2D eigenvalue weighted by Crippen LogP contribution is 2.11. The van der Waals surface area contributed by atoms with E-state index in [4.69, 9.17) is 0 Å². The molecule has 0 amide bonds.